The van der Waals surface area contributed by atoms with Crippen molar-refractivity contribution >= 4 is 16.6 Å². The van der Waals surface area contributed by atoms with Crippen molar-refractivity contribution in [1.82, 2.24) is 19.6 Å². The van der Waals surface area contributed by atoms with E-state index in [2.05, 4.69) is 4.98 Å². The topological polar surface area (TPSA) is 101 Å². The molecule has 7 rings (SSSR count). The summed E-state index contributed by atoms with van der Waals surface area (Å²) in [5.41, 5.74) is 4.11. The third-order valence-electron chi connectivity index (χ3n) is 7.09. The fraction of sp³-hybridized carbons (Fsp3) is 0.133. The Bertz CT molecular complexity index is 1980. The van der Waals surface area contributed by atoms with E-state index in [0.29, 0.717) is 56.7 Å². The smallest absolute Gasteiger partial charge is 0.344 e. The van der Waals surface area contributed by atoms with E-state index in [0.717, 1.165) is 16.7 Å². The molecule has 39 heavy (non-hydrogen) atoms. The van der Waals surface area contributed by atoms with Crippen LogP contribution in [0.25, 0.3) is 28.0 Å². The lowest BCUT2D eigenvalue weighted by Crippen LogP contribution is -2.22. The number of rotatable bonds is 4. The van der Waals surface area contributed by atoms with Crippen LogP contribution in [0.2, 0.25) is 0 Å². The van der Waals surface area contributed by atoms with Gasteiger partial charge in [0.05, 0.1) is 36.7 Å². The van der Waals surface area contributed by atoms with Gasteiger partial charge in [-0.2, -0.15) is 0 Å². The number of methoxy groups -OCH3 is 2. The second-order valence-corrected chi connectivity index (χ2v) is 9.26. The molecule has 0 amide bonds. The molecular weight excluding hydrogens is 496 g/mol. The molecule has 0 radical (unpaired) electrons. The van der Waals surface area contributed by atoms with Crippen LogP contribution < -0.4 is 19.8 Å². The number of fused-ring (bicyclic) bond motifs is 6. The average Bonchev–Trinajstić information content (AvgIpc) is 3.40. The highest BCUT2D eigenvalue weighted by Crippen LogP contribution is 2.49. The number of nitrogens with zero attached hydrogens (tertiary/aromatic N) is 4. The lowest BCUT2D eigenvalue weighted by atomic mass is 9.84. The first-order valence-electron chi connectivity index (χ1n) is 12.3. The van der Waals surface area contributed by atoms with Crippen LogP contribution in [0.1, 0.15) is 28.2 Å². The number of ether oxygens (including phenoxy) is 3. The van der Waals surface area contributed by atoms with E-state index in [4.69, 9.17) is 28.7 Å². The van der Waals surface area contributed by atoms with Crippen LogP contribution in [0.3, 0.4) is 0 Å². The summed E-state index contributed by atoms with van der Waals surface area (Å²) in [6, 6.07) is 20.7. The summed E-state index contributed by atoms with van der Waals surface area (Å²) in [6.45, 7) is 2.01. The maximum Gasteiger partial charge on any atom is 0.344 e. The second kappa shape index (κ2) is 8.70. The van der Waals surface area contributed by atoms with Crippen molar-refractivity contribution in [3.8, 4) is 34.5 Å². The van der Waals surface area contributed by atoms with Crippen molar-refractivity contribution in [1.29, 1.82) is 0 Å². The number of hydrogen-bond acceptors (Lipinski definition) is 8. The van der Waals surface area contributed by atoms with E-state index in [9.17, 15) is 4.79 Å². The molecule has 0 saturated carbocycles. The number of benzene rings is 3. The van der Waals surface area contributed by atoms with Gasteiger partial charge >= 0.3 is 5.63 Å². The summed E-state index contributed by atoms with van der Waals surface area (Å²) in [5.74, 6) is 1.76. The van der Waals surface area contributed by atoms with Gasteiger partial charge < -0.3 is 18.6 Å². The first-order chi connectivity index (χ1) is 19.1. The Morgan fingerprint density at radius 2 is 1.72 bits per heavy atom. The Balaban J connectivity index is 1.55. The Kier molecular flexibility index (Phi) is 5.12. The van der Waals surface area contributed by atoms with Gasteiger partial charge in [0.25, 0.3) is 0 Å². The predicted molar refractivity (Wildman–Crippen MR) is 144 cm³/mol. The first kappa shape index (κ1) is 23.0. The van der Waals surface area contributed by atoms with Gasteiger partial charge in [0, 0.05) is 5.56 Å². The largest absolute Gasteiger partial charge is 0.493 e. The number of para-hydroxylation sites is 1. The molecule has 1 aliphatic rings. The van der Waals surface area contributed by atoms with E-state index < -0.39 is 11.5 Å². The Labute approximate surface area is 222 Å². The summed E-state index contributed by atoms with van der Waals surface area (Å²) in [6.07, 6.45) is 1.58. The lowest BCUT2D eigenvalue weighted by Gasteiger charge is -2.27. The third-order valence-corrected chi connectivity index (χ3v) is 7.09. The quantitative estimate of drug-likeness (QED) is 0.281. The number of hydrogen-bond donors (Lipinski definition) is 0. The molecule has 6 aromatic rings. The molecular formula is C30H22N4O5. The van der Waals surface area contributed by atoms with Gasteiger partial charge in [0.2, 0.25) is 5.88 Å². The summed E-state index contributed by atoms with van der Waals surface area (Å²) in [7, 11) is 3.15. The van der Waals surface area contributed by atoms with Crippen LogP contribution in [0.4, 0.5) is 0 Å². The maximum atomic E-state index is 13.6. The maximum absolute atomic E-state index is 13.6. The van der Waals surface area contributed by atoms with Gasteiger partial charge in [0.15, 0.2) is 28.7 Å². The highest BCUT2D eigenvalue weighted by Gasteiger charge is 2.38. The molecule has 0 fully saturated rings. The van der Waals surface area contributed by atoms with E-state index in [-0.39, 0.29) is 0 Å². The van der Waals surface area contributed by atoms with Crippen LogP contribution in [0.5, 0.6) is 23.1 Å². The zero-order valence-corrected chi connectivity index (χ0v) is 21.3. The van der Waals surface area contributed by atoms with Crippen molar-refractivity contribution in [2.75, 3.05) is 14.2 Å². The molecule has 0 spiro atoms. The number of aryl methyl sites for hydroxylation is 1. The van der Waals surface area contributed by atoms with E-state index >= 15 is 0 Å². The molecule has 0 bridgehead atoms. The molecule has 9 nitrogen and oxygen atoms in total. The van der Waals surface area contributed by atoms with Crippen molar-refractivity contribution in [2.24, 2.45) is 0 Å². The van der Waals surface area contributed by atoms with Crippen LogP contribution in [-0.4, -0.2) is 33.8 Å². The van der Waals surface area contributed by atoms with Crippen LogP contribution >= 0.6 is 0 Å². The molecule has 0 saturated heterocycles. The summed E-state index contributed by atoms with van der Waals surface area (Å²) < 4.78 is 24.8. The van der Waals surface area contributed by atoms with Crippen molar-refractivity contribution in [3.05, 3.63) is 106 Å². The molecule has 192 valence electrons. The Hall–Kier alpha value is -5.18. The highest BCUT2D eigenvalue weighted by atomic mass is 16.5. The van der Waals surface area contributed by atoms with E-state index in [1.807, 2.05) is 67.6 Å². The van der Waals surface area contributed by atoms with Crippen LogP contribution in [0.15, 0.2) is 82.3 Å². The Morgan fingerprint density at radius 1 is 0.923 bits per heavy atom. The summed E-state index contributed by atoms with van der Waals surface area (Å²) >= 11 is 0. The zero-order chi connectivity index (χ0) is 26.7. The molecule has 0 N–H and O–H groups in total. The van der Waals surface area contributed by atoms with Gasteiger partial charge in [-0.25, -0.2) is 19.3 Å². The van der Waals surface area contributed by atoms with E-state index in [1.165, 1.54) is 0 Å². The van der Waals surface area contributed by atoms with Crippen LogP contribution in [-0.2, 0) is 0 Å². The number of aromatic nitrogens is 4. The highest BCUT2D eigenvalue weighted by molar-refractivity contribution is 5.87. The molecule has 1 atom stereocenters. The second-order valence-electron chi connectivity index (χ2n) is 9.26. The van der Waals surface area contributed by atoms with Gasteiger partial charge in [-0.05, 0) is 42.3 Å². The first-order valence-corrected chi connectivity index (χ1v) is 12.3. The SMILES string of the molecule is COc1ccc(C2c3c(c4ccccc4oc3=O)Oc3ncn4nc(-c5ccccc5C)nc4c32)cc1OC. The zero-order valence-electron chi connectivity index (χ0n) is 21.3. The molecule has 9 heteroatoms. The normalized spacial score (nSPS) is 14.1. The fourth-order valence-corrected chi connectivity index (χ4v) is 5.23. The molecule has 4 heterocycles. The standard InChI is InChI=1S/C30H22N4O5/c1-16-8-4-5-9-18(16)27-32-28-25-23(17-12-13-21(36-2)22(14-17)37-3)24-26(39-29(25)31-15-34(28)33-27)19-10-6-7-11-20(19)38-30(24)35/h4-15,23H,1-3H3. The van der Waals surface area contributed by atoms with Gasteiger partial charge in [-0.15, -0.1) is 5.10 Å². The monoisotopic (exact) mass is 518 g/mol. The van der Waals surface area contributed by atoms with E-state index in [1.54, 1.807) is 31.1 Å². The molecule has 3 aromatic heterocycles. The minimum atomic E-state index is -0.630. The fourth-order valence-electron chi connectivity index (χ4n) is 5.23. The Morgan fingerprint density at radius 3 is 2.54 bits per heavy atom. The minimum Gasteiger partial charge on any atom is -0.493 e. The summed E-state index contributed by atoms with van der Waals surface area (Å²) in [5, 5.41) is 5.38. The van der Waals surface area contributed by atoms with Crippen LogP contribution in [0, 0.1) is 6.92 Å². The molecule has 3 aromatic carbocycles. The van der Waals surface area contributed by atoms with Crippen molar-refractivity contribution < 1.29 is 18.6 Å². The average molecular weight is 519 g/mol. The molecule has 1 aliphatic heterocycles. The van der Waals surface area contributed by atoms with Gasteiger partial charge in [-0.1, -0.05) is 42.5 Å². The molecule has 1 unspecified atom stereocenters. The minimum absolute atomic E-state index is 0.342. The van der Waals surface area contributed by atoms with Gasteiger partial charge in [-0.3, -0.25) is 0 Å². The molecule has 0 aliphatic carbocycles. The third kappa shape index (κ3) is 3.47. The van der Waals surface area contributed by atoms with Gasteiger partial charge in [0.1, 0.15) is 11.9 Å². The van der Waals surface area contributed by atoms with Crippen molar-refractivity contribution in [3.63, 3.8) is 0 Å². The predicted octanol–water partition coefficient (Wildman–Crippen LogP) is 5.51. The lowest BCUT2D eigenvalue weighted by molar-refractivity contribution is 0.354. The summed E-state index contributed by atoms with van der Waals surface area (Å²) in [4.78, 5) is 23.1. The van der Waals surface area contributed by atoms with Crippen molar-refractivity contribution in [2.45, 2.75) is 12.8 Å².